The minimum absolute atomic E-state index is 0.212. The van der Waals surface area contributed by atoms with E-state index in [1.807, 2.05) is 45.0 Å². The van der Waals surface area contributed by atoms with Crippen LogP contribution in [0.25, 0.3) is 0 Å². The third-order valence-electron chi connectivity index (χ3n) is 5.13. The molecule has 1 aromatic carbocycles. The van der Waals surface area contributed by atoms with Crippen molar-refractivity contribution in [2.45, 2.75) is 39.0 Å². The molecule has 0 saturated carbocycles. The highest BCUT2D eigenvalue weighted by Crippen LogP contribution is 2.34. The fraction of sp³-hybridized carbons (Fsp3) is 0.458. The van der Waals surface area contributed by atoms with E-state index in [9.17, 15) is 4.79 Å². The fourth-order valence-corrected chi connectivity index (χ4v) is 4.14. The van der Waals surface area contributed by atoms with Crippen LogP contribution in [0.5, 0.6) is 5.75 Å². The van der Waals surface area contributed by atoms with Crippen LogP contribution >= 0.6 is 15.9 Å². The summed E-state index contributed by atoms with van der Waals surface area (Å²) in [5, 5.41) is 14.2. The summed E-state index contributed by atoms with van der Waals surface area (Å²) in [5.41, 5.74) is 2.07. The third kappa shape index (κ3) is 7.07. The van der Waals surface area contributed by atoms with Crippen molar-refractivity contribution in [2.75, 3.05) is 43.6 Å². The molecule has 34 heavy (non-hydrogen) atoms. The number of halogens is 1. The number of pyridine rings is 1. The zero-order valence-electron chi connectivity index (χ0n) is 20.0. The van der Waals surface area contributed by atoms with Crippen molar-refractivity contribution in [2.24, 2.45) is 0 Å². The Morgan fingerprint density at radius 1 is 1.35 bits per heavy atom. The Morgan fingerprint density at radius 3 is 2.74 bits per heavy atom. The summed E-state index contributed by atoms with van der Waals surface area (Å²) in [7, 11) is 1.64. The summed E-state index contributed by atoms with van der Waals surface area (Å²) < 4.78 is 17.2. The highest BCUT2D eigenvalue weighted by atomic mass is 79.9. The number of nitrogens with one attached hydrogen (secondary N) is 3. The molecule has 0 aliphatic carbocycles. The molecule has 184 valence electrons. The first-order chi connectivity index (χ1) is 16.2. The number of amides is 1. The summed E-state index contributed by atoms with van der Waals surface area (Å²) in [6.45, 7) is 8.08. The lowest BCUT2D eigenvalue weighted by molar-refractivity contribution is 0.0282. The number of anilines is 2. The quantitative estimate of drug-likeness (QED) is 0.436. The Bertz CT molecular complexity index is 994. The van der Waals surface area contributed by atoms with E-state index in [2.05, 4.69) is 36.4 Å². The Balaban J connectivity index is 1.69. The molecule has 1 atom stereocenters. The zero-order valence-corrected chi connectivity index (χ0v) is 21.6. The average Bonchev–Trinajstić information content (AvgIpc) is 2.81. The van der Waals surface area contributed by atoms with Gasteiger partial charge in [0.2, 0.25) is 0 Å². The smallest absolute Gasteiger partial charge is 0.407 e. The standard InChI is InChI=1S/C24H32BrN5O4/c1-24(2,3)34-23(31)29-13-18-15-30(9-10-33-18)21-19(11-26)22(28-14-20(21)25)27-12-16-5-7-17(32-4)8-6-16/h5-8,11,14,18,26H,9-10,12-13,15H2,1-4H3,(H,27,28)(H,29,31). The molecule has 2 heterocycles. The van der Waals surface area contributed by atoms with Crippen molar-refractivity contribution in [3.63, 3.8) is 0 Å². The van der Waals surface area contributed by atoms with Gasteiger partial charge in [0.25, 0.3) is 0 Å². The van der Waals surface area contributed by atoms with E-state index in [1.165, 1.54) is 6.21 Å². The number of aromatic nitrogens is 1. The lowest BCUT2D eigenvalue weighted by atomic mass is 10.1. The van der Waals surface area contributed by atoms with Crippen molar-refractivity contribution in [1.82, 2.24) is 10.3 Å². The number of ether oxygens (including phenoxy) is 3. The summed E-state index contributed by atoms with van der Waals surface area (Å²) >= 11 is 3.60. The van der Waals surface area contributed by atoms with E-state index in [4.69, 9.17) is 19.6 Å². The van der Waals surface area contributed by atoms with Crippen LogP contribution in [-0.2, 0) is 16.0 Å². The molecule has 2 aromatic rings. The molecule has 1 amide bonds. The molecule has 1 aliphatic rings. The first kappa shape index (κ1) is 25.8. The van der Waals surface area contributed by atoms with Crippen molar-refractivity contribution in [3.05, 3.63) is 46.1 Å². The van der Waals surface area contributed by atoms with Crippen LogP contribution in [0.4, 0.5) is 16.3 Å². The van der Waals surface area contributed by atoms with Crippen LogP contribution < -0.4 is 20.3 Å². The van der Waals surface area contributed by atoms with Gasteiger partial charge >= 0.3 is 6.09 Å². The summed E-state index contributed by atoms with van der Waals surface area (Å²) in [4.78, 5) is 18.7. The van der Waals surface area contributed by atoms with Crippen molar-refractivity contribution >= 4 is 39.7 Å². The van der Waals surface area contributed by atoms with Crippen LogP contribution in [0.2, 0.25) is 0 Å². The first-order valence-electron chi connectivity index (χ1n) is 11.1. The number of alkyl carbamates (subject to hydrolysis) is 1. The molecule has 1 unspecified atom stereocenters. The van der Waals surface area contributed by atoms with Gasteiger partial charge in [-0.2, -0.15) is 0 Å². The lowest BCUT2D eigenvalue weighted by Crippen LogP contribution is -2.48. The number of methoxy groups -OCH3 is 1. The normalized spacial score (nSPS) is 16.0. The largest absolute Gasteiger partial charge is 0.497 e. The number of hydrogen-bond acceptors (Lipinski definition) is 8. The van der Waals surface area contributed by atoms with Gasteiger partial charge in [0.15, 0.2) is 0 Å². The van der Waals surface area contributed by atoms with Crippen molar-refractivity contribution in [3.8, 4) is 5.75 Å². The van der Waals surface area contributed by atoms with Gasteiger partial charge in [0.05, 0.1) is 35.5 Å². The minimum Gasteiger partial charge on any atom is -0.497 e. The van der Waals surface area contributed by atoms with E-state index >= 15 is 0 Å². The number of carbonyl (C=O) groups excluding carboxylic acids is 1. The summed E-state index contributed by atoms with van der Waals surface area (Å²) in [6, 6.07) is 7.79. The molecule has 0 radical (unpaired) electrons. The van der Waals surface area contributed by atoms with Crippen LogP contribution in [0.15, 0.2) is 34.9 Å². The highest BCUT2D eigenvalue weighted by molar-refractivity contribution is 9.10. The van der Waals surface area contributed by atoms with Crippen molar-refractivity contribution < 1.29 is 19.0 Å². The first-order valence-corrected chi connectivity index (χ1v) is 11.9. The average molecular weight is 534 g/mol. The van der Waals surface area contributed by atoms with Gasteiger partial charge in [0, 0.05) is 38.6 Å². The van der Waals surface area contributed by atoms with Gasteiger partial charge < -0.3 is 35.2 Å². The maximum atomic E-state index is 12.0. The topological polar surface area (TPSA) is 109 Å². The molecule has 1 fully saturated rings. The molecule has 1 saturated heterocycles. The summed E-state index contributed by atoms with van der Waals surface area (Å²) in [6.07, 6.45) is 2.37. The monoisotopic (exact) mass is 533 g/mol. The molecule has 1 aliphatic heterocycles. The van der Waals surface area contributed by atoms with Gasteiger partial charge in [0.1, 0.15) is 17.2 Å². The van der Waals surface area contributed by atoms with E-state index < -0.39 is 11.7 Å². The molecule has 9 nitrogen and oxygen atoms in total. The lowest BCUT2D eigenvalue weighted by Gasteiger charge is -2.36. The molecular weight excluding hydrogens is 502 g/mol. The number of benzene rings is 1. The van der Waals surface area contributed by atoms with Crippen molar-refractivity contribution in [1.29, 1.82) is 5.41 Å². The zero-order chi connectivity index (χ0) is 24.7. The van der Waals surface area contributed by atoms with Crippen LogP contribution in [0.3, 0.4) is 0 Å². The molecular formula is C24H32BrN5O4. The highest BCUT2D eigenvalue weighted by Gasteiger charge is 2.26. The van der Waals surface area contributed by atoms with Gasteiger partial charge in [-0.15, -0.1) is 0 Å². The van der Waals surface area contributed by atoms with E-state index in [0.29, 0.717) is 44.2 Å². The predicted octanol–water partition coefficient (Wildman–Crippen LogP) is 4.19. The predicted molar refractivity (Wildman–Crippen MR) is 136 cm³/mol. The maximum Gasteiger partial charge on any atom is 0.407 e. The van der Waals surface area contributed by atoms with Gasteiger partial charge in [-0.3, -0.25) is 0 Å². The number of rotatable bonds is 8. The second-order valence-electron chi connectivity index (χ2n) is 8.88. The second-order valence-corrected chi connectivity index (χ2v) is 9.74. The SMILES string of the molecule is COc1ccc(CNc2ncc(Br)c(N3CCOC(CNC(=O)OC(C)(C)C)C3)c2C=N)cc1. The summed E-state index contributed by atoms with van der Waals surface area (Å²) in [5.74, 6) is 1.43. The number of carbonyl (C=O) groups is 1. The number of nitrogens with zero attached hydrogens (tertiary/aromatic N) is 2. The Hall–Kier alpha value is -2.85. The third-order valence-corrected chi connectivity index (χ3v) is 5.72. The fourth-order valence-electron chi connectivity index (χ4n) is 3.58. The number of hydrogen-bond donors (Lipinski definition) is 3. The second kappa shape index (κ2) is 11.5. The van der Waals surface area contributed by atoms with E-state index in [-0.39, 0.29) is 6.10 Å². The minimum atomic E-state index is -0.556. The Labute approximate surface area is 208 Å². The molecule has 3 rings (SSSR count). The Morgan fingerprint density at radius 2 is 2.09 bits per heavy atom. The molecule has 0 bridgehead atoms. The van der Waals surface area contributed by atoms with Crippen LogP contribution in [-0.4, -0.2) is 62.3 Å². The Kier molecular flexibility index (Phi) is 8.73. The van der Waals surface area contributed by atoms with Crippen LogP contribution in [0.1, 0.15) is 31.9 Å². The molecule has 3 N–H and O–H groups in total. The molecule has 1 aromatic heterocycles. The molecule has 10 heteroatoms. The van der Waals surface area contributed by atoms with Gasteiger partial charge in [-0.05, 0) is 54.4 Å². The maximum absolute atomic E-state index is 12.0. The number of morpholine rings is 1. The van der Waals surface area contributed by atoms with E-state index in [1.54, 1.807) is 13.3 Å². The van der Waals surface area contributed by atoms with Gasteiger partial charge in [-0.25, -0.2) is 9.78 Å². The van der Waals surface area contributed by atoms with Crippen LogP contribution in [0, 0.1) is 5.41 Å². The molecule has 0 spiro atoms. The van der Waals surface area contributed by atoms with Gasteiger partial charge in [-0.1, -0.05) is 12.1 Å². The van der Waals surface area contributed by atoms with E-state index in [0.717, 1.165) is 21.5 Å².